The Morgan fingerprint density at radius 3 is 2.82 bits per heavy atom. The van der Waals surface area contributed by atoms with Crippen LogP contribution in [0.25, 0.3) is 0 Å². The maximum Gasteiger partial charge on any atom is 0.341 e. The number of nitrogens with one attached hydrogen (secondary N) is 1. The number of anilines is 1. The Hall–Kier alpha value is -2.60. The van der Waals surface area contributed by atoms with Gasteiger partial charge in [0.05, 0.1) is 12.2 Å². The minimum atomic E-state index is -0.366. The number of para-hydroxylation sites is 1. The molecule has 5 nitrogen and oxygen atoms in total. The van der Waals surface area contributed by atoms with Crippen molar-refractivity contribution < 1.29 is 19.1 Å². The highest BCUT2D eigenvalue weighted by atomic mass is 32.1. The Morgan fingerprint density at radius 2 is 2.04 bits per heavy atom. The highest BCUT2D eigenvalue weighted by molar-refractivity contribution is 7.17. The Morgan fingerprint density at radius 1 is 1.25 bits per heavy atom. The molecule has 0 aliphatic heterocycles. The number of hydrogen-bond donors (Lipinski definition) is 1. The Kier molecular flexibility index (Phi) is 6.87. The molecule has 1 amide bonds. The van der Waals surface area contributed by atoms with Gasteiger partial charge in [0.1, 0.15) is 10.8 Å². The molecule has 0 unspecified atom stereocenters. The summed E-state index contributed by atoms with van der Waals surface area (Å²) < 4.78 is 10.9. The van der Waals surface area contributed by atoms with Gasteiger partial charge in [-0.25, -0.2) is 4.79 Å². The molecule has 2 aromatic rings. The van der Waals surface area contributed by atoms with E-state index in [4.69, 9.17) is 9.47 Å². The van der Waals surface area contributed by atoms with Crippen LogP contribution in [0.2, 0.25) is 0 Å². The number of carbonyl (C=O) groups excluding carboxylic acids is 2. The van der Waals surface area contributed by atoms with Crippen molar-refractivity contribution in [3.63, 3.8) is 0 Å². The number of carbonyl (C=O) groups is 2. The van der Waals surface area contributed by atoms with Crippen LogP contribution in [-0.2, 0) is 28.8 Å². The van der Waals surface area contributed by atoms with Crippen LogP contribution in [0.4, 0.5) is 5.00 Å². The average Bonchev–Trinajstić information content (AvgIpc) is 3.05. The van der Waals surface area contributed by atoms with Crippen LogP contribution in [0.3, 0.4) is 0 Å². The van der Waals surface area contributed by atoms with Crippen molar-refractivity contribution in [2.45, 2.75) is 39.0 Å². The Bertz CT molecular complexity index is 871. The van der Waals surface area contributed by atoms with E-state index < -0.39 is 0 Å². The van der Waals surface area contributed by atoms with Crippen molar-refractivity contribution in [3.8, 4) is 5.75 Å². The third kappa shape index (κ3) is 4.62. The van der Waals surface area contributed by atoms with Gasteiger partial charge in [-0.15, -0.1) is 17.9 Å². The number of amides is 1. The minimum Gasteiger partial charge on any atom is -0.483 e. The summed E-state index contributed by atoms with van der Waals surface area (Å²) in [4.78, 5) is 26.1. The molecule has 0 saturated heterocycles. The smallest absolute Gasteiger partial charge is 0.341 e. The van der Waals surface area contributed by atoms with E-state index in [0.717, 1.165) is 36.8 Å². The second-order valence-corrected chi connectivity index (χ2v) is 7.68. The van der Waals surface area contributed by atoms with Crippen LogP contribution < -0.4 is 10.1 Å². The van der Waals surface area contributed by atoms with Crippen LogP contribution in [0.15, 0.2) is 36.9 Å². The van der Waals surface area contributed by atoms with E-state index in [1.54, 1.807) is 13.0 Å². The van der Waals surface area contributed by atoms with Crippen molar-refractivity contribution in [2.75, 3.05) is 18.5 Å². The largest absolute Gasteiger partial charge is 0.483 e. The van der Waals surface area contributed by atoms with Crippen molar-refractivity contribution in [1.29, 1.82) is 0 Å². The van der Waals surface area contributed by atoms with E-state index in [1.165, 1.54) is 16.2 Å². The van der Waals surface area contributed by atoms with Gasteiger partial charge in [-0.1, -0.05) is 24.3 Å². The highest BCUT2D eigenvalue weighted by Crippen LogP contribution is 2.38. The quantitative estimate of drug-likeness (QED) is 0.522. The zero-order valence-electron chi connectivity index (χ0n) is 16.1. The van der Waals surface area contributed by atoms with Gasteiger partial charge in [0.15, 0.2) is 6.61 Å². The second-order valence-electron chi connectivity index (χ2n) is 6.57. The van der Waals surface area contributed by atoms with Crippen molar-refractivity contribution in [1.82, 2.24) is 0 Å². The number of thiophene rings is 1. The van der Waals surface area contributed by atoms with E-state index in [2.05, 4.69) is 11.9 Å². The molecule has 1 aliphatic rings. The predicted octanol–water partition coefficient (Wildman–Crippen LogP) is 4.55. The van der Waals surface area contributed by atoms with E-state index in [-0.39, 0.29) is 18.5 Å². The molecule has 148 valence electrons. The van der Waals surface area contributed by atoms with Gasteiger partial charge in [0.2, 0.25) is 0 Å². The third-order valence-corrected chi connectivity index (χ3v) is 5.81. The molecule has 3 rings (SSSR count). The molecule has 0 atom stereocenters. The molecule has 1 N–H and O–H groups in total. The van der Waals surface area contributed by atoms with Crippen molar-refractivity contribution in [2.24, 2.45) is 0 Å². The number of esters is 1. The fraction of sp³-hybridized carbons (Fsp3) is 0.364. The molecule has 28 heavy (non-hydrogen) atoms. The number of aryl methyl sites for hydroxylation is 1. The summed E-state index contributed by atoms with van der Waals surface area (Å²) in [6.45, 7) is 5.70. The molecular weight excluding hydrogens is 374 g/mol. The number of hydrogen-bond acceptors (Lipinski definition) is 5. The summed E-state index contributed by atoms with van der Waals surface area (Å²) in [5.41, 5.74) is 2.52. The lowest BCUT2D eigenvalue weighted by Crippen LogP contribution is -2.21. The molecular formula is C22H25NO4S. The summed E-state index contributed by atoms with van der Waals surface area (Å²) >= 11 is 1.48. The summed E-state index contributed by atoms with van der Waals surface area (Å²) in [6.07, 6.45) is 6.40. The first-order valence-corrected chi connectivity index (χ1v) is 10.4. The van der Waals surface area contributed by atoms with Crippen LogP contribution in [0.5, 0.6) is 5.75 Å². The van der Waals surface area contributed by atoms with Gasteiger partial charge in [-0.05, 0) is 56.2 Å². The lowest BCUT2D eigenvalue weighted by Gasteiger charge is -2.12. The fourth-order valence-electron chi connectivity index (χ4n) is 3.35. The molecule has 0 bridgehead atoms. The Balaban J connectivity index is 1.73. The van der Waals surface area contributed by atoms with Crippen molar-refractivity contribution >= 4 is 28.2 Å². The summed E-state index contributed by atoms with van der Waals surface area (Å²) in [5.74, 6) is 0.000591. The standard InChI is InChI=1S/C22H25NO4S/c1-3-9-15-10-5-7-12-17(15)27-14-19(24)23-21-20(22(25)26-4-2)16-11-6-8-13-18(16)28-21/h3,5,7,10,12H,1,4,6,8-9,11,13-14H2,2H3,(H,23,24). The maximum absolute atomic E-state index is 12.5. The van der Waals surface area contributed by atoms with Crippen LogP contribution in [0, 0.1) is 0 Å². The van der Waals surface area contributed by atoms with Gasteiger partial charge < -0.3 is 14.8 Å². The summed E-state index contributed by atoms with van der Waals surface area (Å²) in [7, 11) is 0. The van der Waals surface area contributed by atoms with Crippen molar-refractivity contribution in [3.05, 3.63) is 58.5 Å². The second kappa shape index (κ2) is 9.55. The van der Waals surface area contributed by atoms with E-state index in [0.29, 0.717) is 29.3 Å². The summed E-state index contributed by atoms with van der Waals surface area (Å²) in [5, 5.41) is 3.43. The SMILES string of the molecule is C=CCc1ccccc1OCC(=O)Nc1sc2c(c1C(=O)OCC)CCCC2. The molecule has 0 saturated carbocycles. The van der Waals surface area contributed by atoms with Gasteiger partial charge in [0, 0.05) is 4.88 Å². The van der Waals surface area contributed by atoms with Crippen LogP contribution in [0.1, 0.15) is 46.1 Å². The molecule has 1 aromatic carbocycles. The molecule has 1 aliphatic carbocycles. The average molecular weight is 400 g/mol. The third-order valence-electron chi connectivity index (χ3n) is 4.60. The van der Waals surface area contributed by atoms with Gasteiger partial charge in [-0.3, -0.25) is 4.79 Å². The number of ether oxygens (including phenoxy) is 2. The molecule has 1 heterocycles. The van der Waals surface area contributed by atoms with Gasteiger partial charge in [0.25, 0.3) is 5.91 Å². The highest BCUT2D eigenvalue weighted by Gasteiger charge is 2.27. The number of benzene rings is 1. The minimum absolute atomic E-state index is 0.126. The van der Waals surface area contributed by atoms with Gasteiger partial charge in [-0.2, -0.15) is 0 Å². The number of allylic oxidation sites excluding steroid dienone is 1. The van der Waals surface area contributed by atoms with E-state index in [1.807, 2.05) is 24.3 Å². The predicted molar refractivity (Wildman–Crippen MR) is 111 cm³/mol. The fourth-order valence-corrected chi connectivity index (χ4v) is 4.64. The first-order valence-electron chi connectivity index (χ1n) is 9.57. The monoisotopic (exact) mass is 399 g/mol. The number of fused-ring (bicyclic) bond motifs is 1. The lowest BCUT2D eigenvalue weighted by atomic mass is 9.95. The summed E-state index contributed by atoms with van der Waals surface area (Å²) in [6, 6.07) is 7.57. The zero-order valence-corrected chi connectivity index (χ0v) is 16.9. The first kappa shape index (κ1) is 20.1. The van der Waals surface area contributed by atoms with Crippen LogP contribution >= 0.6 is 11.3 Å². The zero-order chi connectivity index (χ0) is 19.9. The van der Waals surface area contributed by atoms with Crippen LogP contribution in [-0.4, -0.2) is 25.1 Å². The molecule has 1 aromatic heterocycles. The normalized spacial score (nSPS) is 12.8. The van der Waals surface area contributed by atoms with E-state index in [9.17, 15) is 9.59 Å². The Labute approximate surface area is 169 Å². The van der Waals surface area contributed by atoms with E-state index >= 15 is 0 Å². The lowest BCUT2D eigenvalue weighted by molar-refractivity contribution is -0.118. The number of rotatable bonds is 8. The first-order chi connectivity index (χ1) is 13.6. The topological polar surface area (TPSA) is 64.6 Å². The maximum atomic E-state index is 12.5. The van der Waals surface area contributed by atoms with Gasteiger partial charge >= 0.3 is 5.97 Å². The molecule has 0 spiro atoms. The molecule has 0 radical (unpaired) electrons. The molecule has 6 heteroatoms. The molecule has 0 fully saturated rings.